The normalized spacial score (nSPS) is 37.8. The highest BCUT2D eigenvalue weighted by molar-refractivity contribution is 5.70. The number of fused-ring (bicyclic) bond motifs is 4. The molecule has 7 unspecified atom stereocenters. The lowest BCUT2D eigenvalue weighted by atomic mass is 9.45. The van der Waals surface area contributed by atoms with E-state index in [1.165, 1.54) is 18.1 Å². The molecule has 4 aliphatic carbocycles. The molecular formula is C35H54O7. The molecule has 0 saturated heterocycles. The SMILES string of the molecule is C=C(CC[C@@H](C)[C@H]1CC=C2C3=C(C(O)C(OC(C)=O)C21C)C1(C)CC(OC(=O)CCO)C(O)C(C)(C)C1CC3)C(C)C. The van der Waals surface area contributed by atoms with E-state index in [9.17, 15) is 24.9 Å². The summed E-state index contributed by atoms with van der Waals surface area (Å²) >= 11 is 0. The second-order valence-electron chi connectivity index (χ2n) is 14.9. The van der Waals surface area contributed by atoms with Crippen LogP contribution in [0.5, 0.6) is 0 Å². The van der Waals surface area contributed by atoms with E-state index in [2.05, 4.69) is 47.3 Å². The minimum Gasteiger partial charge on any atom is -0.459 e. The molecule has 7 heteroatoms. The van der Waals surface area contributed by atoms with Gasteiger partial charge in [0.25, 0.3) is 0 Å². The van der Waals surface area contributed by atoms with Gasteiger partial charge in [-0.3, -0.25) is 9.59 Å². The van der Waals surface area contributed by atoms with Gasteiger partial charge in [-0.1, -0.05) is 66.7 Å². The van der Waals surface area contributed by atoms with Gasteiger partial charge in [-0.25, -0.2) is 0 Å². The maximum atomic E-state index is 12.6. The predicted molar refractivity (Wildman–Crippen MR) is 162 cm³/mol. The van der Waals surface area contributed by atoms with E-state index in [4.69, 9.17) is 9.47 Å². The third kappa shape index (κ3) is 5.32. The fraction of sp³-hybridized carbons (Fsp3) is 0.771. The van der Waals surface area contributed by atoms with Crippen molar-refractivity contribution in [2.75, 3.05) is 6.61 Å². The van der Waals surface area contributed by atoms with E-state index < -0.39 is 52.6 Å². The number of aliphatic hydroxyl groups excluding tert-OH is 3. The Morgan fingerprint density at radius 2 is 1.76 bits per heavy atom. The molecule has 0 bridgehead atoms. The maximum Gasteiger partial charge on any atom is 0.308 e. The Morgan fingerprint density at radius 3 is 2.36 bits per heavy atom. The zero-order valence-electron chi connectivity index (χ0n) is 27.0. The quantitative estimate of drug-likeness (QED) is 0.236. The van der Waals surface area contributed by atoms with Crippen LogP contribution < -0.4 is 0 Å². The highest BCUT2D eigenvalue weighted by atomic mass is 16.6. The topological polar surface area (TPSA) is 113 Å². The lowest BCUT2D eigenvalue weighted by Gasteiger charge is -2.62. The van der Waals surface area contributed by atoms with Gasteiger partial charge >= 0.3 is 11.9 Å². The van der Waals surface area contributed by atoms with Crippen molar-refractivity contribution in [3.63, 3.8) is 0 Å². The molecule has 0 heterocycles. The first-order valence-electron chi connectivity index (χ1n) is 16.0. The van der Waals surface area contributed by atoms with Crippen molar-refractivity contribution in [1.82, 2.24) is 0 Å². The number of ether oxygens (including phenoxy) is 2. The predicted octanol–water partition coefficient (Wildman–Crippen LogP) is 5.67. The summed E-state index contributed by atoms with van der Waals surface area (Å²) in [6.45, 7) is 20.3. The van der Waals surface area contributed by atoms with Gasteiger partial charge in [0.05, 0.1) is 19.1 Å². The molecule has 0 aliphatic heterocycles. The summed E-state index contributed by atoms with van der Waals surface area (Å²) in [7, 11) is 0. The standard InChI is InChI=1S/C35H54O7/c1-19(2)20(3)10-11-21(4)24-13-14-25-23-12-15-27-33(6,7)31(40)26(42-28(38)16-17-36)18-34(27,8)29(23)30(39)32(35(24,25)9)41-22(5)37/h14,19,21,24,26-27,30-32,36,39-40H,3,10-13,15-18H2,1-2,4-9H3/t21-,24-,26?,27?,30?,31?,32?,34?,35?/m1/s1. The first-order valence-corrected chi connectivity index (χ1v) is 16.0. The summed E-state index contributed by atoms with van der Waals surface area (Å²) in [5, 5.41) is 33.0. The van der Waals surface area contributed by atoms with Gasteiger partial charge in [0, 0.05) is 12.3 Å². The molecule has 42 heavy (non-hydrogen) atoms. The van der Waals surface area contributed by atoms with E-state index >= 15 is 0 Å². The van der Waals surface area contributed by atoms with Crippen LogP contribution in [0.1, 0.15) is 100 Å². The second-order valence-corrected chi connectivity index (χ2v) is 14.9. The highest BCUT2D eigenvalue weighted by Gasteiger charge is 2.65. The molecule has 0 aromatic carbocycles. The van der Waals surface area contributed by atoms with Gasteiger partial charge in [0.2, 0.25) is 0 Å². The molecule has 0 amide bonds. The molecule has 0 aromatic heterocycles. The molecule has 4 aliphatic rings. The van der Waals surface area contributed by atoms with Gasteiger partial charge in [0.1, 0.15) is 18.3 Å². The van der Waals surface area contributed by atoms with Crippen LogP contribution in [0.15, 0.2) is 34.9 Å². The monoisotopic (exact) mass is 586 g/mol. The van der Waals surface area contributed by atoms with Gasteiger partial charge in [-0.15, -0.1) is 0 Å². The van der Waals surface area contributed by atoms with E-state index in [0.717, 1.165) is 43.3 Å². The van der Waals surface area contributed by atoms with Crippen LogP contribution in [0.25, 0.3) is 0 Å². The zero-order valence-corrected chi connectivity index (χ0v) is 27.0. The van der Waals surface area contributed by atoms with Crippen LogP contribution in [0.2, 0.25) is 0 Å². The Morgan fingerprint density at radius 1 is 1.10 bits per heavy atom. The van der Waals surface area contributed by atoms with Crippen molar-refractivity contribution in [1.29, 1.82) is 0 Å². The summed E-state index contributed by atoms with van der Waals surface area (Å²) in [5.74, 6) is 0.0177. The summed E-state index contributed by atoms with van der Waals surface area (Å²) < 4.78 is 11.8. The van der Waals surface area contributed by atoms with Crippen molar-refractivity contribution in [2.45, 2.75) is 125 Å². The number of carbonyl (C=O) groups is 2. The fourth-order valence-electron chi connectivity index (χ4n) is 9.45. The molecule has 9 atom stereocenters. The molecule has 4 rings (SSSR count). The Kier molecular flexibility index (Phi) is 9.30. The summed E-state index contributed by atoms with van der Waals surface area (Å²) in [5.41, 5.74) is 2.71. The minimum absolute atomic E-state index is 0.0160. The molecular weight excluding hydrogens is 532 g/mol. The Balaban J connectivity index is 1.77. The number of aliphatic hydroxyl groups is 3. The third-order valence-corrected chi connectivity index (χ3v) is 11.8. The molecule has 0 radical (unpaired) electrons. The Labute approximate surface area is 252 Å². The van der Waals surface area contributed by atoms with Crippen molar-refractivity contribution in [3.05, 3.63) is 34.9 Å². The van der Waals surface area contributed by atoms with Crippen molar-refractivity contribution < 1.29 is 34.4 Å². The first kappa shape index (κ1) is 32.9. The molecule has 7 nitrogen and oxygen atoms in total. The number of hydrogen-bond acceptors (Lipinski definition) is 7. The van der Waals surface area contributed by atoms with E-state index in [-0.39, 0.29) is 24.9 Å². The van der Waals surface area contributed by atoms with Gasteiger partial charge in [-0.05, 0) is 89.7 Å². The van der Waals surface area contributed by atoms with Gasteiger partial charge in [-0.2, -0.15) is 0 Å². The van der Waals surface area contributed by atoms with Crippen LogP contribution in [0, 0.1) is 39.9 Å². The summed E-state index contributed by atoms with van der Waals surface area (Å²) in [6, 6.07) is 0. The molecule has 3 N–H and O–H groups in total. The fourth-order valence-corrected chi connectivity index (χ4v) is 9.45. The van der Waals surface area contributed by atoms with E-state index in [1.54, 1.807) is 0 Å². The Hall–Kier alpha value is -1.96. The number of carbonyl (C=O) groups excluding carboxylic acids is 2. The first-order chi connectivity index (χ1) is 19.5. The number of esters is 2. The molecule has 236 valence electrons. The van der Waals surface area contributed by atoms with Gasteiger partial charge < -0.3 is 24.8 Å². The van der Waals surface area contributed by atoms with Gasteiger partial charge in [0.15, 0.2) is 0 Å². The smallest absolute Gasteiger partial charge is 0.308 e. The molecule has 1 fully saturated rings. The zero-order chi connectivity index (χ0) is 31.4. The van der Waals surface area contributed by atoms with Crippen molar-refractivity contribution in [3.8, 4) is 0 Å². The maximum absolute atomic E-state index is 12.6. The molecule has 1 saturated carbocycles. The van der Waals surface area contributed by atoms with Crippen molar-refractivity contribution >= 4 is 11.9 Å². The number of hydrogen-bond donors (Lipinski definition) is 3. The summed E-state index contributed by atoms with van der Waals surface area (Å²) in [4.78, 5) is 25.0. The van der Waals surface area contributed by atoms with Crippen LogP contribution in [0.4, 0.5) is 0 Å². The van der Waals surface area contributed by atoms with E-state index in [0.29, 0.717) is 18.3 Å². The minimum atomic E-state index is -1.02. The van der Waals surface area contributed by atoms with Crippen LogP contribution in [-0.2, 0) is 19.1 Å². The number of rotatable bonds is 9. The largest absolute Gasteiger partial charge is 0.459 e. The third-order valence-electron chi connectivity index (χ3n) is 11.8. The van der Waals surface area contributed by atoms with Crippen LogP contribution in [0.3, 0.4) is 0 Å². The number of allylic oxidation sites excluding steroid dienone is 3. The van der Waals surface area contributed by atoms with Crippen LogP contribution in [-0.4, -0.2) is 58.3 Å². The molecule has 0 aromatic rings. The average molecular weight is 587 g/mol. The lowest BCUT2D eigenvalue weighted by Crippen LogP contribution is -2.63. The summed E-state index contributed by atoms with van der Waals surface area (Å²) in [6.07, 6.45) is 3.51. The molecule has 0 spiro atoms. The second kappa shape index (κ2) is 11.9. The lowest BCUT2D eigenvalue weighted by molar-refractivity contribution is -0.194. The van der Waals surface area contributed by atoms with Crippen molar-refractivity contribution in [2.24, 2.45) is 39.9 Å². The average Bonchev–Trinajstić information content (AvgIpc) is 3.25. The highest BCUT2D eigenvalue weighted by Crippen LogP contribution is 2.67. The van der Waals surface area contributed by atoms with E-state index in [1.807, 2.05) is 13.8 Å². The van der Waals surface area contributed by atoms with Crippen LogP contribution >= 0.6 is 0 Å². The Bertz CT molecular complexity index is 1150.